The van der Waals surface area contributed by atoms with Gasteiger partial charge in [-0.3, -0.25) is 9.59 Å². The van der Waals surface area contributed by atoms with Gasteiger partial charge in [0.25, 0.3) is 0 Å². The van der Waals surface area contributed by atoms with Gasteiger partial charge in [0.1, 0.15) is 11.1 Å². The summed E-state index contributed by atoms with van der Waals surface area (Å²) in [4.78, 5) is 28.0. The molecule has 0 aliphatic rings. The van der Waals surface area contributed by atoms with Crippen molar-refractivity contribution < 1.29 is 9.59 Å². The number of nitrogens with one attached hydrogen (secondary N) is 1. The van der Waals surface area contributed by atoms with Crippen molar-refractivity contribution in [3.8, 4) is 6.07 Å². The normalized spacial score (nSPS) is 11.5. The van der Waals surface area contributed by atoms with Gasteiger partial charge < -0.3 is 11.1 Å². The first kappa shape index (κ1) is 19.5. The Labute approximate surface area is 156 Å². The molecular weight excluding hydrogens is 348 g/mol. The second-order valence-electron chi connectivity index (χ2n) is 5.93. The summed E-state index contributed by atoms with van der Waals surface area (Å²) in [6.07, 6.45) is 0. The Bertz CT molecular complexity index is 901. The lowest BCUT2D eigenvalue weighted by Crippen LogP contribution is -2.23. The molecule has 1 atom stereocenters. The zero-order valence-electron chi connectivity index (χ0n) is 15.1. The quantitative estimate of drug-likeness (QED) is 0.788. The highest BCUT2D eigenvalue weighted by molar-refractivity contribution is 8.00. The van der Waals surface area contributed by atoms with Crippen molar-refractivity contribution in [1.82, 2.24) is 4.98 Å². The molecular formula is C19H20N4O2S. The Morgan fingerprint density at radius 3 is 2.35 bits per heavy atom. The molecule has 2 aromatic rings. The standard InChI is InChI=1S/C19H20N4O2S/c1-10-11(2)16(9-20)19(22-12(10)3)26-13(4)18(25)23-15-7-5-14(6-8-15)17(21)24/h5-8,13H,1-4H3,(H2,21,24)(H,23,25). The Kier molecular flexibility index (Phi) is 6.01. The van der Waals surface area contributed by atoms with Gasteiger partial charge in [0.2, 0.25) is 11.8 Å². The number of primary amides is 1. The monoisotopic (exact) mass is 368 g/mol. The van der Waals surface area contributed by atoms with Gasteiger partial charge in [-0.15, -0.1) is 0 Å². The number of thioether (sulfide) groups is 1. The fourth-order valence-electron chi connectivity index (χ4n) is 2.31. The number of benzene rings is 1. The average Bonchev–Trinajstić information content (AvgIpc) is 2.60. The van der Waals surface area contributed by atoms with Crippen molar-refractivity contribution >= 4 is 29.3 Å². The van der Waals surface area contributed by atoms with Gasteiger partial charge in [0.15, 0.2) is 0 Å². The first-order valence-corrected chi connectivity index (χ1v) is 8.87. The van der Waals surface area contributed by atoms with Gasteiger partial charge in [-0.25, -0.2) is 4.98 Å². The largest absolute Gasteiger partial charge is 0.366 e. The lowest BCUT2D eigenvalue weighted by atomic mass is 10.1. The maximum Gasteiger partial charge on any atom is 0.248 e. The summed E-state index contributed by atoms with van der Waals surface area (Å²) in [7, 11) is 0. The molecule has 1 heterocycles. The SMILES string of the molecule is Cc1nc(SC(C)C(=O)Nc2ccc(C(N)=O)cc2)c(C#N)c(C)c1C. The van der Waals surface area contributed by atoms with Crippen LogP contribution in [0, 0.1) is 32.1 Å². The minimum absolute atomic E-state index is 0.219. The molecule has 0 aliphatic heterocycles. The number of aromatic nitrogens is 1. The van der Waals surface area contributed by atoms with Crippen LogP contribution in [0.25, 0.3) is 0 Å². The molecule has 1 aromatic carbocycles. The number of rotatable bonds is 5. The van der Waals surface area contributed by atoms with Gasteiger partial charge in [0.05, 0.1) is 10.8 Å². The van der Waals surface area contributed by atoms with E-state index in [4.69, 9.17) is 5.73 Å². The van der Waals surface area contributed by atoms with Gasteiger partial charge in [0, 0.05) is 16.9 Å². The molecule has 0 fully saturated rings. The van der Waals surface area contributed by atoms with Gasteiger partial charge in [-0.2, -0.15) is 5.26 Å². The van der Waals surface area contributed by atoms with Crippen molar-refractivity contribution in [2.45, 2.75) is 38.0 Å². The van der Waals surface area contributed by atoms with E-state index < -0.39 is 11.2 Å². The number of hydrogen-bond acceptors (Lipinski definition) is 5. The maximum absolute atomic E-state index is 12.4. The number of nitriles is 1. The summed E-state index contributed by atoms with van der Waals surface area (Å²) in [6, 6.07) is 8.53. The van der Waals surface area contributed by atoms with Crippen molar-refractivity contribution in [1.29, 1.82) is 5.26 Å². The predicted octanol–water partition coefficient (Wildman–Crippen LogP) is 3.10. The van der Waals surface area contributed by atoms with E-state index in [1.165, 1.54) is 11.8 Å². The third kappa shape index (κ3) is 4.21. The van der Waals surface area contributed by atoms with Crippen LogP contribution in [0.4, 0.5) is 5.69 Å². The van der Waals surface area contributed by atoms with Crippen LogP contribution in [0.2, 0.25) is 0 Å². The van der Waals surface area contributed by atoms with Gasteiger partial charge in [-0.1, -0.05) is 11.8 Å². The molecule has 3 N–H and O–H groups in total. The molecule has 7 heteroatoms. The van der Waals surface area contributed by atoms with Crippen LogP contribution in [-0.4, -0.2) is 22.0 Å². The Hall–Kier alpha value is -2.85. The maximum atomic E-state index is 12.4. The fraction of sp³-hybridized carbons (Fsp3) is 0.263. The van der Waals surface area contributed by atoms with E-state index in [2.05, 4.69) is 16.4 Å². The highest BCUT2D eigenvalue weighted by Gasteiger charge is 2.20. The molecule has 0 saturated heterocycles. The summed E-state index contributed by atoms with van der Waals surface area (Å²) >= 11 is 1.25. The molecule has 26 heavy (non-hydrogen) atoms. The van der Waals surface area contributed by atoms with Crippen LogP contribution in [0.3, 0.4) is 0 Å². The number of carbonyl (C=O) groups is 2. The van der Waals surface area contributed by atoms with Crippen LogP contribution in [0.1, 0.15) is 39.7 Å². The van der Waals surface area contributed by atoms with E-state index in [0.717, 1.165) is 16.8 Å². The van der Waals surface area contributed by atoms with Gasteiger partial charge >= 0.3 is 0 Å². The van der Waals surface area contributed by atoms with E-state index in [9.17, 15) is 14.9 Å². The molecule has 1 aromatic heterocycles. The van der Waals surface area contributed by atoms with E-state index in [0.29, 0.717) is 21.8 Å². The van der Waals surface area contributed by atoms with E-state index in [1.54, 1.807) is 31.2 Å². The van der Waals surface area contributed by atoms with Crippen LogP contribution in [0.15, 0.2) is 29.3 Å². The number of amides is 2. The number of aryl methyl sites for hydroxylation is 1. The highest BCUT2D eigenvalue weighted by Crippen LogP contribution is 2.29. The van der Waals surface area contributed by atoms with E-state index in [-0.39, 0.29) is 5.91 Å². The first-order valence-electron chi connectivity index (χ1n) is 7.99. The predicted molar refractivity (Wildman–Crippen MR) is 102 cm³/mol. The Morgan fingerprint density at radius 2 is 1.81 bits per heavy atom. The van der Waals surface area contributed by atoms with Crippen molar-refractivity contribution in [2.75, 3.05) is 5.32 Å². The first-order chi connectivity index (χ1) is 12.2. The average molecular weight is 368 g/mol. The van der Waals surface area contributed by atoms with E-state index in [1.807, 2.05) is 20.8 Å². The number of nitrogens with zero attached hydrogens (tertiary/aromatic N) is 2. The summed E-state index contributed by atoms with van der Waals surface area (Å²) < 4.78 is 0. The van der Waals surface area contributed by atoms with Crippen molar-refractivity contribution in [3.63, 3.8) is 0 Å². The number of carbonyl (C=O) groups excluding carboxylic acids is 2. The molecule has 1 unspecified atom stereocenters. The zero-order valence-corrected chi connectivity index (χ0v) is 15.9. The molecule has 0 radical (unpaired) electrons. The molecule has 0 saturated carbocycles. The minimum Gasteiger partial charge on any atom is -0.366 e. The summed E-state index contributed by atoms with van der Waals surface area (Å²) in [6.45, 7) is 7.46. The molecule has 0 bridgehead atoms. The van der Waals surface area contributed by atoms with Crippen LogP contribution < -0.4 is 11.1 Å². The van der Waals surface area contributed by atoms with Crippen LogP contribution in [0.5, 0.6) is 0 Å². The number of nitrogens with two attached hydrogens (primary N) is 1. The number of anilines is 1. The molecule has 2 amide bonds. The van der Waals surface area contributed by atoms with E-state index >= 15 is 0 Å². The van der Waals surface area contributed by atoms with Crippen molar-refractivity contribution in [2.24, 2.45) is 5.73 Å². The van der Waals surface area contributed by atoms with Crippen LogP contribution in [-0.2, 0) is 4.79 Å². The minimum atomic E-state index is -0.521. The molecule has 6 nitrogen and oxygen atoms in total. The topological polar surface area (TPSA) is 109 Å². The summed E-state index contributed by atoms with van der Waals surface area (Å²) in [5.41, 5.74) is 9.36. The van der Waals surface area contributed by atoms with Crippen LogP contribution >= 0.6 is 11.8 Å². The summed E-state index contributed by atoms with van der Waals surface area (Å²) in [5.74, 6) is -0.740. The second-order valence-corrected chi connectivity index (χ2v) is 7.26. The smallest absolute Gasteiger partial charge is 0.248 e. The fourth-order valence-corrected chi connectivity index (χ4v) is 3.32. The Morgan fingerprint density at radius 1 is 1.19 bits per heavy atom. The lowest BCUT2D eigenvalue weighted by molar-refractivity contribution is -0.115. The molecule has 0 spiro atoms. The molecule has 2 rings (SSSR count). The zero-order chi connectivity index (χ0) is 19.4. The second kappa shape index (κ2) is 8.02. The summed E-state index contributed by atoms with van der Waals surface area (Å²) in [5, 5.41) is 12.3. The number of hydrogen-bond donors (Lipinski definition) is 2. The van der Waals surface area contributed by atoms with Crippen molar-refractivity contribution in [3.05, 3.63) is 52.2 Å². The van der Waals surface area contributed by atoms with Gasteiger partial charge in [-0.05, 0) is 63.1 Å². The third-order valence-electron chi connectivity index (χ3n) is 4.17. The third-order valence-corrected chi connectivity index (χ3v) is 5.26. The Balaban J connectivity index is 2.15. The number of pyridine rings is 1. The highest BCUT2D eigenvalue weighted by atomic mass is 32.2. The molecule has 0 aliphatic carbocycles. The lowest BCUT2D eigenvalue weighted by Gasteiger charge is -2.15. The molecule has 134 valence electrons.